The van der Waals surface area contributed by atoms with Crippen LogP contribution in [0.3, 0.4) is 0 Å². The topological polar surface area (TPSA) is 58.2 Å². The lowest BCUT2D eigenvalue weighted by Gasteiger charge is -2.26. The Bertz CT molecular complexity index is 739. The first-order chi connectivity index (χ1) is 13.1. The molecule has 2 aromatic rings. The van der Waals surface area contributed by atoms with Gasteiger partial charge in [0.1, 0.15) is 0 Å². The first kappa shape index (κ1) is 19.2. The quantitative estimate of drug-likeness (QED) is 0.772. The molecule has 0 spiro atoms. The SMILES string of the molecule is C[C@H](CC(=O)N[C@@H](c1ccccc1)C1CCCC1)NC(=O)c1ccccc1. The molecule has 3 rings (SSSR count). The van der Waals surface area contributed by atoms with E-state index in [1.54, 1.807) is 12.1 Å². The highest BCUT2D eigenvalue weighted by atomic mass is 16.2. The number of carbonyl (C=O) groups is 2. The van der Waals surface area contributed by atoms with Crippen molar-refractivity contribution in [1.82, 2.24) is 10.6 Å². The van der Waals surface area contributed by atoms with Gasteiger partial charge in [0, 0.05) is 18.0 Å². The van der Waals surface area contributed by atoms with Gasteiger partial charge < -0.3 is 10.6 Å². The lowest BCUT2D eigenvalue weighted by Crippen LogP contribution is -2.39. The first-order valence-electron chi connectivity index (χ1n) is 9.83. The monoisotopic (exact) mass is 364 g/mol. The number of rotatable bonds is 7. The van der Waals surface area contributed by atoms with Gasteiger partial charge in [-0.3, -0.25) is 9.59 Å². The van der Waals surface area contributed by atoms with Crippen LogP contribution in [0.15, 0.2) is 60.7 Å². The molecule has 1 saturated carbocycles. The van der Waals surface area contributed by atoms with E-state index in [-0.39, 0.29) is 30.3 Å². The Hall–Kier alpha value is -2.62. The van der Waals surface area contributed by atoms with Crippen LogP contribution < -0.4 is 10.6 Å². The van der Waals surface area contributed by atoms with E-state index in [2.05, 4.69) is 22.8 Å². The lowest BCUT2D eigenvalue weighted by molar-refractivity contribution is -0.122. The number of carbonyl (C=O) groups excluding carboxylic acids is 2. The highest BCUT2D eigenvalue weighted by molar-refractivity contribution is 5.94. The van der Waals surface area contributed by atoms with Gasteiger partial charge in [-0.1, -0.05) is 61.4 Å². The van der Waals surface area contributed by atoms with Crippen molar-refractivity contribution in [2.24, 2.45) is 5.92 Å². The fourth-order valence-corrected chi connectivity index (χ4v) is 3.88. The summed E-state index contributed by atoms with van der Waals surface area (Å²) in [7, 11) is 0. The highest BCUT2D eigenvalue weighted by Gasteiger charge is 2.28. The highest BCUT2D eigenvalue weighted by Crippen LogP contribution is 2.35. The zero-order chi connectivity index (χ0) is 19.1. The third kappa shape index (κ3) is 5.43. The van der Waals surface area contributed by atoms with E-state index >= 15 is 0 Å². The zero-order valence-corrected chi connectivity index (χ0v) is 15.9. The fraction of sp³-hybridized carbons (Fsp3) is 0.391. The number of nitrogens with one attached hydrogen (secondary N) is 2. The van der Waals surface area contributed by atoms with Crippen molar-refractivity contribution in [3.05, 3.63) is 71.8 Å². The Morgan fingerprint density at radius 1 is 0.926 bits per heavy atom. The molecular formula is C23H28N2O2. The molecular weight excluding hydrogens is 336 g/mol. The van der Waals surface area contributed by atoms with E-state index in [1.165, 1.54) is 18.4 Å². The first-order valence-corrected chi connectivity index (χ1v) is 9.83. The largest absolute Gasteiger partial charge is 0.349 e. The maximum absolute atomic E-state index is 12.6. The Kier molecular flexibility index (Phi) is 6.64. The standard InChI is InChI=1S/C23H28N2O2/c1-17(24-23(27)20-14-6-3-7-15-20)16-21(26)25-22(19-12-8-9-13-19)18-10-4-2-5-11-18/h2-7,10-11,14-15,17,19,22H,8-9,12-13,16H2,1H3,(H,24,27)(H,25,26)/t17-,22+/m1/s1. The van der Waals surface area contributed by atoms with E-state index < -0.39 is 0 Å². The normalized spacial score (nSPS) is 16.5. The molecule has 0 heterocycles. The molecule has 1 aliphatic carbocycles. The summed E-state index contributed by atoms with van der Waals surface area (Å²) in [6.45, 7) is 1.87. The Balaban J connectivity index is 1.58. The minimum atomic E-state index is -0.224. The molecule has 1 aliphatic rings. The van der Waals surface area contributed by atoms with E-state index in [4.69, 9.17) is 0 Å². The fourth-order valence-electron chi connectivity index (χ4n) is 3.88. The van der Waals surface area contributed by atoms with Crippen molar-refractivity contribution in [3.8, 4) is 0 Å². The molecule has 2 atom stereocenters. The van der Waals surface area contributed by atoms with Crippen molar-refractivity contribution < 1.29 is 9.59 Å². The molecule has 1 fully saturated rings. The molecule has 142 valence electrons. The molecule has 4 nitrogen and oxygen atoms in total. The summed E-state index contributed by atoms with van der Waals surface area (Å²) in [4.78, 5) is 24.9. The van der Waals surface area contributed by atoms with Crippen LogP contribution in [0.2, 0.25) is 0 Å². The number of hydrogen-bond acceptors (Lipinski definition) is 2. The van der Waals surface area contributed by atoms with Gasteiger partial charge in [-0.2, -0.15) is 0 Å². The number of benzene rings is 2. The predicted molar refractivity (Wildman–Crippen MR) is 107 cm³/mol. The third-order valence-corrected chi connectivity index (χ3v) is 5.25. The summed E-state index contributed by atoms with van der Waals surface area (Å²) in [6, 6.07) is 19.1. The average molecular weight is 364 g/mol. The van der Waals surface area contributed by atoms with E-state index in [0.717, 1.165) is 12.8 Å². The summed E-state index contributed by atoms with van der Waals surface area (Å²) in [5, 5.41) is 6.14. The molecule has 0 aromatic heterocycles. The van der Waals surface area contributed by atoms with Crippen LogP contribution in [-0.2, 0) is 4.79 Å². The molecule has 0 bridgehead atoms. The number of hydrogen-bond donors (Lipinski definition) is 2. The summed E-state index contributed by atoms with van der Waals surface area (Å²) in [5.41, 5.74) is 1.77. The molecule has 27 heavy (non-hydrogen) atoms. The number of amides is 2. The minimum Gasteiger partial charge on any atom is -0.349 e. The zero-order valence-electron chi connectivity index (χ0n) is 15.9. The van der Waals surface area contributed by atoms with Gasteiger partial charge in [0.25, 0.3) is 5.91 Å². The van der Waals surface area contributed by atoms with E-state index in [1.807, 2.05) is 43.3 Å². The van der Waals surface area contributed by atoms with Crippen molar-refractivity contribution in [2.45, 2.75) is 51.1 Å². The van der Waals surface area contributed by atoms with Gasteiger partial charge in [-0.25, -0.2) is 0 Å². The predicted octanol–water partition coefficient (Wildman–Crippen LogP) is 4.24. The van der Waals surface area contributed by atoms with Crippen LogP contribution in [0.25, 0.3) is 0 Å². The van der Waals surface area contributed by atoms with E-state index in [0.29, 0.717) is 11.5 Å². The van der Waals surface area contributed by atoms with Crippen molar-refractivity contribution in [3.63, 3.8) is 0 Å². The molecule has 0 unspecified atom stereocenters. The average Bonchev–Trinajstić information content (AvgIpc) is 3.22. The third-order valence-electron chi connectivity index (χ3n) is 5.25. The second kappa shape index (κ2) is 9.36. The van der Waals surface area contributed by atoms with Crippen LogP contribution in [0.5, 0.6) is 0 Å². The summed E-state index contributed by atoms with van der Waals surface area (Å²) in [5.74, 6) is 0.327. The molecule has 2 aromatic carbocycles. The van der Waals surface area contributed by atoms with Crippen molar-refractivity contribution in [2.75, 3.05) is 0 Å². The second-order valence-electron chi connectivity index (χ2n) is 7.45. The maximum atomic E-state index is 12.6. The molecule has 0 radical (unpaired) electrons. The summed E-state index contributed by atoms with van der Waals surface area (Å²) < 4.78 is 0. The van der Waals surface area contributed by atoms with Gasteiger partial charge >= 0.3 is 0 Å². The Morgan fingerprint density at radius 2 is 1.52 bits per heavy atom. The minimum absolute atomic E-state index is 0.0170. The lowest BCUT2D eigenvalue weighted by atomic mass is 9.91. The van der Waals surface area contributed by atoms with Gasteiger partial charge in [-0.15, -0.1) is 0 Å². The molecule has 0 aliphatic heterocycles. The molecule has 4 heteroatoms. The molecule has 2 amide bonds. The summed E-state index contributed by atoms with van der Waals surface area (Å²) >= 11 is 0. The van der Waals surface area contributed by atoms with Crippen molar-refractivity contribution >= 4 is 11.8 Å². The van der Waals surface area contributed by atoms with Crippen molar-refractivity contribution in [1.29, 1.82) is 0 Å². The van der Waals surface area contributed by atoms with Gasteiger partial charge in [0.15, 0.2) is 0 Å². The second-order valence-corrected chi connectivity index (χ2v) is 7.45. The van der Waals surface area contributed by atoms with Crippen LogP contribution in [0.1, 0.15) is 61.0 Å². The van der Waals surface area contributed by atoms with Crippen LogP contribution in [-0.4, -0.2) is 17.9 Å². The smallest absolute Gasteiger partial charge is 0.251 e. The molecule has 0 saturated heterocycles. The Morgan fingerprint density at radius 3 is 2.15 bits per heavy atom. The maximum Gasteiger partial charge on any atom is 0.251 e. The van der Waals surface area contributed by atoms with E-state index in [9.17, 15) is 9.59 Å². The van der Waals surface area contributed by atoms with Gasteiger partial charge in [0.05, 0.1) is 6.04 Å². The summed E-state index contributed by atoms with van der Waals surface area (Å²) in [6.07, 6.45) is 5.04. The Labute approximate surface area is 161 Å². The molecule has 2 N–H and O–H groups in total. The van der Waals surface area contributed by atoms with Gasteiger partial charge in [-0.05, 0) is 43.4 Å². The van der Waals surface area contributed by atoms with Gasteiger partial charge in [0.2, 0.25) is 5.91 Å². The van der Waals surface area contributed by atoms with Crippen LogP contribution in [0, 0.1) is 5.92 Å². The van der Waals surface area contributed by atoms with Crippen LogP contribution in [0.4, 0.5) is 0 Å². The van der Waals surface area contributed by atoms with Crippen LogP contribution >= 0.6 is 0 Å².